The summed E-state index contributed by atoms with van der Waals surface area (Å²) in [6.45, 7) is 2.44. The Bertz CT molecular complexity index is 557. The van der Waals surface area contributed by atoms with Gasteiger partial charge in [-0.15, -0.1) is 0 Å². The van der Waals surface area contributed by atoms with Crippen LogP contribution in [0.15, 0.2) is 36.7 Å². The van der Waals surface area contributed by atoms with Crippen LogP contribution in [0.4, 0.5) is 11.5 Å². The molecule has 0 unspecified atom stereocenters. The molecule has 6 heteroatoms. The molecule has 0 saturated carbocycles. The summed E-state index contributed by atoms with van der Waals surface area (Å²) >= 11 is 0. The second kappa shape index (κ2) is 5.22. The first kappa shape index (κ1) is 12.0. The van der Waals surface area contributed by atoms with Crippen LogP contribution in [-0.2, 0) is 0 Å². The van der Waals surface area contributed by atoms with Crippen molar-refractivity contribution in [3.63, 3.8) is 0 Å². The summed E-state index contributed by atoms with van der Waals surface area (Å²) in [5, 5.41) is 13.8. The molecule has 0 amide bonds. The fraction of sp³-hybridized carbons (Fsp3) is 0.167. The molecule has 1 N–H and O–H groups in total. The number of nitro groups is 1. The average Bonchev–Trinajstić information content (AvgIpc) is 2.40. The van der Waals surface area contributed by atoms with Gasteiger partial charge in [0, 0.05) is 30.6 Å². The van der Waals surface area contributed by atoms with E-state index in [1.54, 1.807) is 18.5 Å². The summed E-state index contributed by atoms with van der Waals surface area (Å²) in [6, 6.07) is 6.71. The minimum absolute atomic E-state index is 0.0188. The molecule has 92 valence electrons. The van der Waals surface area contributed by atoms with E-state index in [9.17, 15) is 10.1 Å². The Labute approximate surface area is 104 Å². The van der Waals surface area contributed by atoms with Crippen LogP contribution in [0.25, 0.3) is 11.3 Å². The quantitative estimate of drug-likeness (QED) is 0.660. The molecule has 6 nitrogen and oxygen atoms in total. The van der Waals surface area contributed by atoms with Crippen LogP contribution in [0.2, 0.25) is 0 Å². The van der Waals surface area contributed by atoms with E-state index >= 15 is 0 Å². The van der Waals surface area contributed by atoms with E-state index in [1.807, 2.05) is 19.1 Å². The minimum Gasteiger partial charge on any atom is -0.365 e. The molecular formula is C12H12N4O2. The van der Waals surface area contributed by atoms with Crippen molar-refractivity contribution < 1.29 is 4.92 Å². The largest absolute Gasteiger partial charge is 0.365 e. The molecule has 2 heterocycles. The Morgan fingerprint density at radius 3 is 2.61 bits per heavy atom. The highest BCUT2D eigenvalue weighted by Crippen LogP contribution is 2.26. The van der Waals surface area contributed by atoms with Crippen LogP contribution in [0.1, 0.15) is 6.92 Å². The second-order valence-electron chi connectivity index (χ2n) is 3.59. The SMILES string of the molecule is CCNc1nc(-c2ccncc2)ccc1[N+](=O)[O-]. The molecule has 0 aliphatic rings. The van der Waals surface area contributed by atoms with Gasteiger partial charge in [0.05, 0.1) is 10.6 Å². The second-order valence-corrected chi connectivity index (χ2v) is 3.59. The molecule has 0 aliphatic carbocycles. The smallest absolute Gasteiger partial charge is 0.311 e. The van der Waals surface area contributed by atoms with Gasteiger partial charge in [0.1, 0.15) is 0 Å². The van der Waals surface area contributed by atoms with E-state index in [1.165, 1.54) is 6.07 Å². The van der Waals surface area contributed by atoms with Gasteiger partial charge in [-0.05, 0) is 25.1 Å². The Balaban J connectivity index is 2.46. The zero-order valence-electron chi connectivity index (χ0n) is 9.83. The van der Waals surface area contributed by atoms with Gasteiger partial charge >= 0.3 is 5.69 Å². The molecule has 0 bridgehead atoms. The van der Waals surface area contributed by atoms with Gasteiger partial charge in [-0.3, -0.25) is 15.1 Å². The van der Waals surface area contributed by atoms with Gasteiger partial charge in [0.15, 0.2) is 0 Å². The van der Waals surface area contributed by atoms with E-state index in [-0.39, 0.29) is 11.5 Å². The normalized spacial score (nSPS) is 10.1. The summed E-state index contributed by atoms with van der Waals surface area (Å²) in [6.07, 6.45) is 3.32. The van der Waals surface area contributed by atoms with E-state index in [0.717, 1.165) is 5.56 Å². The number of nitrogens with zero attached hydrogens (tertiary/aromatic N) is 3. The van der Waals surface area contributed by atoms with Crippen molar-refractivity contribution in [2.45, 2.75) is 6.92 Å². The van der Waals surface area contributed by atoms with Gasteiger partial charge in [0.2, 0.25) is 5.82 Å². The summed E-state index contributed by atoms with van der Waals surface area (Å²) < 4.78 is 0. The van der Waals surface area contributed by atoms with Crippen molar-refractivity contribution in [2.24, 2.45) is 0 Å². The standard InChI is InChI=1S/C12H12N4O2/c1-2-14-12-11(16(17)18)4-3-10(15-12)9-5-7-13-8-6-9/h3-8H,2H2,1H3,(H,14,15). The van der Waals surface area contributed by atoms with Crippen molar-refractivity contribution in [2.75, 3.05) is 11.9 Å². The number of hydrogen-bond acceptors (Lipinski definition) is 5. The Kier molecular flexibility index (Phi) is 3.47. The van der Waals surface area contributed by atoms with Gasteiger partial charge in [-0.1, -0.05) is 0 Å². The van der Waals surface area contributed by atoms with Crippen LogP contribution < -0.4 is 5.32 Å². The Hall–Kier alpha value is -2.50. The Morgan fingerprint density at radius 1 is 1.28 bits per heavy atom. The molecule has 2 rings (SSSR count). The minimum atomic E-state index is -0.443. The molecule has 0 atom stereocenters. The van der Waals surface area contributed by atoms with Gasteiger partial charge in [-0.2, -0.15) is 0 Å². The number of hydrogen-bond donors (Lipinski definition) is 1. The fourth-order valence-corrected chi connectivity index (χ4v) is 1.58. The van der Waals surface area contributed by atoms with Crippen LogP contribution in [-0.4, -0.2) is 21.4 Å². The predicted octanol–water partition coefficient (Wildman–Crippen LogP) is 2.48. The van der Waals surface area contributed by atoms with Crippen molar-refractivity contribution in [3.05, 3.63) is 46.8 Å². The molecule has 0 aromatic carbocycles. The molecule has 2 aromatic heterocycles. The van der Waals surface area contributed by atoms with Gasteiger partial charge in [0.25, 0.3) is 0 Å². The number of nitrogens with one attached hydrogen (secondary N) is 1. The highest BCUT2D eigenvalue weighted by Gasteiger charge is 2.15. The number of pyridine rings is 2. The number of aromatic nitrogens is 2. The van der Waals surface area contributed by atoms with Crippen molar-refractivity contribution >= 4 is 11.5 Å². The van der Waals surface area contributed by atoms with Crippen LogP contribution in [0, 0.1) is 10.1 Å². The lowest BCUT2D eigenvalue weighted by molar-refractivity contribution is -0.384. The molecule has 0 radical (unpaired) electrons. The highest BCUT2D eigenvalue weighted by atomic mass is 16.6. The lowest BCUT2D eigenvalue weighted by atomic mass is 10.2. The van der Waals surface area contributed by atoms with Gasteiger partial charge < -0.3 is 5.32 Å². The first-order valence-electron chi connectivity index (χ1n) is 5.52. The zero-order chi connectivity index (χ0) is 13.0. The predicted molar refractivity (Wildman–Crippen MR) is 68.3 cm³/mol. The summed E-state index contributed by atoms with van der Waals surface area (Å²) in [5.41, 5.74) is 1.53. The third-order valence-corrected chi connectivity index (χ3v) is 2.39. The van der Waals surface area contributed by atoms with Crippen LogP contribution in [0.5, 0.6) is 0 Å². The lowest BCUT2D eigenvalue weighted by Gasteiger charge is -2.06. The third-order valence-electron chi connectivity index (χ3n) is 2.39. The summed E-state index contributed by atoms with van der Waals surface area (Å²) in [5.74, 6) is 0.289. The van der Waals surface area contributed by atoms with E-state index < -0.39 is 4.92 Å². The first-order chi connectivity index (χ1) is 8.72. The van der Waals surface area contributed by atoms with E-state index in [0.29, 0.717) is 12.2 Å². The summed E-state index contributed by atoms with van der Waals surface area (Å²) in [4.78, 5) is 18.6. The molecule has 0 aliphatic heterocycles. The first-order valence-corrected chi connectivity index (χ1v) is 5.52. The number of anilines is 1. The Morgan fingerprint density at radius 2 is 2.00 bits per heavy atom. The number of rotatable bonds is 4. The van der Waals surface area contributed by atoms with E-state index in [4.69, 9.17) is 0 Å². The monoisotopic (exact) mass is 244 g/mol. The topological polar surface area (TPSA) is 81.0 Å². The molecule has 2 aromatic rings. The summed E-state index contributed by atoms with van der Waals surface area (Å²) in [7, 11) is 0. The third kappa shape index (κ3) is 2.42. The molecule has 18 heavy (non-hydrogen) atoms. The van der Waals surface area contributed by atoms with E-state index in [2.05, 4.69) is 15.3 Å². The lowest BCUT2D eigenvalue weighted by Crippen LogP contribution is -2.04. The average molecular weight is 244 g/mol. The van der Waals surface area contributed by atoms with Crippen molar-refractivity contribution in [3.8, 4) is 11.3 Å². The van der Waals surface area contributed by atoms with Crippen molar-refractivity contribution in [1.29, 1.82) is 0 Å². The molecule has 0 saturated heterocycles. The zero-order valence-corrected chi connectivity index (χ0v) is 9.83. The van der Waals surface area contributed by atoms with Crippen molar-refractivity contribution in [1.82, 2.24) is 9.97 Å². The maximum atomic E-state index is 10.9. The molecular weight excluding hydrogens is 232 g/mol. The van der Waals surface area contributed by atoms with Crippen LogP contribution >= 0.6 is 0 Å². The fourth-order valence-electron chi connectivity index (χ4n) is 1.58. The highest BCUT2D eigenvalue weighted by molar-refractivity contribution is 5.66. The van der Waals surface area contributed by atoms with Crippen LogP contribution in [0.3, 0.4) is 0 Å². The molecule has 0 spiro atoms. The maximum Gasteiger partial charge on any atom is 0.311 e. The maximum absolute atomic E-state index is 10.9. The van der Waals surface area contributed by atoms with Gasteiger partial charge in [-0.25, -0.2) is 4.98 Å². The molecule has 0 fully saturated rings.